The molecule has 0 saturated heterocycles. The number of halogens is 1. The fraction of sp³-hybridized carbons (Fsp3) is 0.417. The highest BCUT2D eigenvalue weighted by Crippen LogP contribution is 2.19. The second kappa shape index (κ2) is 5.87. The average Bonchev–Trinajstić information content (AvgIpc) is 2.25. The van der Waals surface area contributed by atoms with E-state index in [1.165, 1.54) is 7.11 Å². The lowest BCUT2D eigenvalue weighted by atomic mass is 10.0. The van der Waals surface area contributed by atoms with Crippen molar-refractivity contribution >= 4 is 17.6 Å². The van der Waals surface area contributed by atoms with Gasteiger partial charge in [-0.1, -0.05) is 17.7 Å². The van der Waals surface area contributed by atoms with Crippen LogP contribution in [-0.2, 0) is 11.2 Å². The maximum atomic E-state index is 11.3. The SMILES string of the molecule is COC(=O)c1ccc(CC[C@H](C)N)cc1Cl. The topological polar surface area (TPSA) is 52.3 Å². The first-order valence-electron chi connectivity index (χ1n) is 5.17. The molecule has 2 N–H and O–H groups in total. The lowest BCUT2D eigenvalue weighted by molar-refractivity contribution is 0.0601. The molecule has 0 radical (unpaired) electrons. The Kier molecular flexibility index (Phi) is 4.77. The van der Waals surface area contributed by atoms with Crippen molar-refractivity contribution in [3.8, 4) is 0 Å². The lowest BCUT2D eigenvalue weighted by Crippen LogP contribution is -2.15. The van der Waals surface area contributed by atoms with Crippen LogP contribution < -0.4 is 5.73 Å². The van der Waals surface area contributed by atoms with Crippen LogP contribution >= 0.6 is 11.6 Å². The van der Waals surface area contributed by atoms with E-state index in [0.717, 1.165) is 18.4 Å². The van der Waals surface area contributed by atoms with Crippen molar-refractivity contribution in [1.29, 1.82) is 0 Å². The highest BCUT2D eigenvalue weighted by molar-refractivity contribution is 6.33. The number of benzene rings is 1. The van der Waals surface area contributed by atoms with Crippen molar-refractivity contribution < 1.29 is 9.53 Å². The molecule has 4 heteroatoms. The molecule has 88 valence electrons. The van der Waals surface area contributed by atoms with Crippen LogP contribution in [0.25, 0.3) is 0 Å². The van der Waals surface area contributed by atoms with Crippen LogP contribution in [-0.4, -0.2) is 19.1 Å². The first-order valence-corrected chi connectivity index (χ1v) is 5.54. The zero-order valence-corrected chi connectivity index (χ0v) is 10.3. The predicted octanol–water partition coefficient (Wildman–Crippen LogP) is 2.41. The lowest BCUT2D eigenvalue weighted by Gasteiger charge is -2.07. The Bertz CT molecular complexity index is 377. The number of methoxy groups -OCH3 is 1. The molecule has 0 aromatic heterocycles. The van der Waals surface area contributed by atoms with E-state index >= 15 is 0 Å². The van der Waals surface area contributed by atoms with Crippen molar-refractivity contribution in [3.63, 3.8) is 0 Å². The van der Waals surface area contributed by atoms with Crippen LogP contribution in [0, 0.1) is 0 Å². The molecule has 0 fully saturated rings. The van der Waals surface area contributed by atoms with Crippen molar-refractivity contribution in [2.45, 2.75) is 25.8 Å². The standard InChI is InChI=1S/C12H16ClNO2/c1-8(14)3-4-9-5-6-10(11(13)7-9)12(15)16-2/h5-8H,3-4,14H2,1-2H3/t8-/m0/s1. The molecule has 1 aromatic rings. The zero-order chi connectivity index (χ0) is 12.1. The van der Waals surface area contributed by atoms with Crippen molar-refractivity contribution in [2.24, 2.45) is 5.73 Å². The fourth-order valence-electron chi connectivity index (χ4n) is 1.38. The van der Waals surface area contributed by atoms with E-state index in [1.807, 2.05) is 13.0 Å². The highest BCUT2D eigenvalue weighted by Gasteiger charge is 2.10. The van der Waals surface area contributed by atoms with Gasteiger partial charge < -0.3 is 10.5 Å². The van der Waals surface area contributed by atoms with Gasteiger partial charge in [-0.05, 0) is 37.5 Å². The molecule has 0 aliphatic heterocycles. The largest absolute Gasteiger partial charge is 0.465 e. The summed E-state index contributed by atoms with van der Waals surface area (Å²) in [5.41, 5.74) is 7.15. The monoisotopic (exact) mass is 241 g/mol. The Morgan fingerprint density at radius 2 is 2.25 bits per heavy atom. The van der Waals surface area contributed by atoms with Crippen molar-refractivity contribution in [1.82, 2.24) is 0 Å². The summed E-state index contributed by atoms with van der Waals surface area (Å²) < 4.78 is 4.61. The molecule has 1 aromatic carbocycles. The zero-order valence-electron chi connectivity index (χ0n) is 9.50. The van der Waals surface area contributed by atoms with Crippen molar-refractivity contribution in [2.75, 3.05) is 7.11 Å². The first-order chi connectivity index (χ1) is 7.54. The summed E-state index contributed by atoms with van der Waals surface area (Å²) in [5.74, 6) is -0.413. The van der Waals surface area contributed by atoms with Crippen LogP contribution in [0.2, 0.25) is 5.02 Å². The van der Waals surface area contributed by atoms with E-state index in [-0.39, 0.29) is 6.04 Å². The van der Waals surface area contributed by atoms with Gasteiger partial charge in [0, 0.05) is 6.04 Å². The van der Waals surface area contributed by atoms with Gasteiger partial charge in [0.2, 0.25) is 0 Å². The second-order valence-corrected chi connectivity index (χ2v) is 4.23. The third kappa shape index (κ3) is 3.51. The number of aryl methyl sites for hydroxylation is 1. The summed E-state index contributed by atoms with van der Waals surface area (Å²) in [6, 6.07) is 5.51. The number of carbonyl (C=O) groups is 1. The molecule has 0 aliphatic carbocycles. The van der Waals surface area contributed by atoms with Gasteiger partial charge in [-0.2, -0.15) is 0 Å². The minimum absolute atomic E-state index is 0.166. The second-order valence-electron chi connectivity index (χ2n) is 3.82. The van der Waals surface area contributed by atoms with E-state index in [2.05, 4.69) is 4.74 Å². The number of hydrogen-bond donors (Lipinski definition) is 1. The number of hydrogen-bond acceptors (Lipinski definition) is 3. The third-order valence-electron chi connectivity index (χ3n) is 2.33. The van der Waals surface area contributed by atoms with Gasteiger partial charge in [0.25, 0.3) is 0 Å². The molecule has 0 amide bonds. The number of rotatable bonds is 4. The highest BCUT2D eigenvalue weighted by atomic mass is 35.5. The molecule has 0 saturated carbocycles. The quantitative estimate of drug-likeness (QED) is 0.824. The summed E-state index contributed by atoms with van der Waals surface area (Å²) in [7, 11) is 1.34. The van der Waals surface area contributed by atoms with Gasteiger partial charge in [-0.15, -0.1) is 0 Å². The normalized spacial score (nSPS) is 12.2. The maximum Gasteiger partial charge on any atom is 0.339 e. The average molecular weight is 242 g/mol. The van der Waals surface area contributed by atoms with Crippen LogP contribution in [0.4, 0.5) is 0 Å². The van der Waals surface area contributed by atoms with Gasteiger partial charge in [0.1, 0.15) is 0 Å². The molecule has 3 nitrogen and oxygen atoms in total. The Morgan fingerprint density at radius 3 is 2.75 bits per heavy atom. The molecule has 1 rings (SSSR count). The summed E-state index contributed by atoms with van der Waals surface area (Å²) in [4.78, 5) is 11.3. The molecule has 1 atom stereocenters. The van der Waals surface area contributed by atoms with Gasteiger partial charge in [-0.25, -0.2) is 4.79 Å². The van der Waals surface area contributed by atoms with Crippen LogP contribution in [0.5, 0.6) is 0 Å². The Hall–Kier alpha value is -1.06. The van der Waals surface area contributed by atoms with Gasteiger partial charge in [0.15, 0.2) is 0 Å². The Morgan fingerprint density at radius 1 is 1.56 bits per heavy atom. The van der Waals surface area contributed by atoms with Crippen LogP contribution in [0.3, 0.4) is 0 Å². The molecule has 0 unspecified atom stereocenters. The van der Waals surface area contributed by atoms with Gasteiger partial charge in [0.05, 0.1) is 17.7 Å². The summed E-state index contributed by atoms with van der Waals surface area (Å²) in [6.07, 6.45) is 1.76. The van der Waals surface area contributed by atoms with Crippen LogP contribution in [0.1, 0.15) is 29.3 Å². The van der Waals surface area contributed by atoms with Gasteiger partial charge >= 0.3 is 5.97 Å². The first kappa shape index (κ1) is 13.0. The fourth-order valence-corrected chi connectivity index (χ4v) is 1.66. The number of carbonyl (C=O) groups excluding carboxylic acids is 1. The molecular formula is C12H16ClNO2. The minimum Gasteiger partial charge on any atom is -0.465 e. The van der Waals surface area contributed by atoms with E-state index < -0.39 is 5.97 Å². The third-order valence-corrected chi connectivity index (χ3v) is 2.64. The van der Waals surface area contributed by atoms with E-state index in [4.69, 9.17) is 17.3 Å². The molecule has 16 heavy (non-hydrogen) atoms. The molecule has 0 aliphatic rings. The Balaban J connectivity index is 2.78. The summed E-state index contributed by atoms with van der Waals surface area (Å²) in [5, 5.41) is 0.425. The number of nitrogens with two attached hydrogens (primary N) is 1. The molecule has 0 heterocycles. The van der Waals surface area contributed by atoms with Crippen molar-refractivity contribution in [3.05, 3.63) is 34.3 Å². The summed E-state index contributed by atoms with van der Waals surface area (Å²) >= 11 is 5.99. The maximum absolute atomic E-state index is 11.3. The smallest absolute Gasteiger partial charge is 0.339 e. The molecular weight excluding hydrogens is 226 g/mol. The van der Waals surface area contributed by atoms with Gasteiger partial charge in [-0.3, -0.25) is 0 Å². The van der Waals surface area contributed by atoms with E-state index in [0.29, 0.717) is 10.6 Å². The van der Waals surface area contributed by atoms with Crippen LogP contribution in [0.15, 0.2) is 18.2 Å². The Labute approximate surface area is 101 Å². The number of ether oxygens (including phenoxy) is 1. The minimum atomic E-state index is -0.413. The molecule has 0 spiro atoms. The summed E-state index contributed by atoms with van der Waals surface area (Å²) in [6.45, 7) is 1.96. The molecule has 0 bridgehead atoms. The number of esters is 1. The van der Waals surface area contributed by atoms with E-state index in [1.54, 1.807) is 12.1 Å². The predicted molar refractivity (Wildman–Crippen MR) is 64.8 cm³/mol. The van der Waals surface area contributed by atoms with E-state index in [9.17, 15) is 4.79 Å².